The lowest BCUT2D eigenvalue weighted by Gasteiger charge is -2.28. The molecule has 4 heteroatoms. The van der Waals surface area contributed by atoms with Gasteiger partial charge in [0.05, 0.1) is 0 Å². The number of carbonyl (C=O) groups is 1. The molecule has 0 saturated heterocycles. The zero-order valence-electron chi connectivity index (χ0n) is 11.4. The van der Waals surface area contributed by atoms with Crippen LogP contribution in [0.3, 0.4) is 0 Å². The summed E-state index contributed by atoms with van der Waals surface area (Å²) in [5, 5.41) is 3.01. The molecule has 1 amide bonds. The topological polar surface area (TPSA) is 34.0 Å². The van der Waals surface area contributed by atoms with E-state index in [1.807, 2.05) is 43.5 Å². The van der Waals surface area contributed by atoms with Gasteiger partial charge in [-0.15, -0.1) is 0 Å². The summed E-state index contributed by atoms with van der Waals surface area (Å²) < 4.78 is 3.07. The molecule has 3 rings (SSSR count). The summed E-state index contributed by atoms with van der Waals surface area (Å²) in [7, 11) is 0. The summed E-state index contributed by atoms with van der Waals surface area (Å²) in [5.74, 6) is -0.0388. The maximum absolute atomic E-state index is 12.5. The minimum absolute atomic E-state index is 0.0388. The molecule has 1 fully saturated rings. The molecule has 3 nitrogen and oxygen atoms in total. The van der Waals surface area contributed by atoms with Gasteiger partial charge in [0.25, 0.3) is 5.91 Å². The smallest absolute Gasteiger partial charge is 0.272 e. The van der Waals surface area contributed by atoms with Crippen molar-refractivity contribution in [3.05, 3.63) is 52.3 Å². The van der Waals surface area contributed by atoms with Gasteiger partial charge < -0.3 is 9.88 Å². The Kier molecular flexibility index (Phi) is 3.66. The van der Waals surface area contributed by atoms with Crippen LogP contribution >= 0.6 is 15.9 Å². The van der Waals surface area contributed by atoms with Crippen molar-refractivity contribution in [1.29, 1.82) is 0 Å². The van der Waals surface area contributed by atoms with Crippen LogP contribution in [0.15, 0.2) is 41.0 Å². The van der Waals surface area contributed by atoms with Crippen molar-refractivity contribution >= 4 is 27.5 Å². The summed E-state index contributed by atoms with van der Waals surface area (Å²) in [6.07, 6.45) is 5.61. The number of hydrogen-bond acceptors (Lipinski definition) is 1. The zero-order valence-corrected chi connectivity index (χ0v) is 13.0. The molecule has 2 aromatic rings. The SMILES string of the molecule is Cc1ccc(Br)cc1NC(=O)c1cccn1C1CCC1. The molecule has 1 aromatic carbocycles. The van der Waals surface area contributed by atoms with Gasteiger partial charge in [0, 0.05) is 22.4 Å². The average Bonchev–Trinajstić information content (AvgIpc) is 2.80. The summed E-state index contributed by atoms with van der Waals surface area (Å²) in [5.41, 5.74) is 2.66. The fourth-order valence-electron chi connectivity index (χ4n) is 2.48. The Morgan fingerprint density at radius 2 is 2.15 bits per heavy atom. The number of rotatable bonds is 3. The van der Waals surface area contributed by atoms with Crippen LogP contribution in [0.2, 0.25) is 0 Å². The van der Waals surface area contributed by atoms with Crippen molar-refractivity contribution in [2.75, 3.05) is 5.32 Å². The highest BCUT2D eigenvalue weighted by Gasteiger charge is 2.23. The van der Waals surface area contributed by atoms with E-state index >= 15 is 0 Å². The molecular weight excluding hydrogens is 316 g/mol. The molecule has 1 N–H and O–H groups in total. The van der Waals surface area contributed by atoms with E-state index in [9.17, 15) is 4.79 Å². The molecule has 104 valence electrons. The molecule has 1 heterocycles. The quantitative estimate of drug-likeness (QED) is 0.879. The lowest BCUT2D eigenvalue weighted by molar-refractivity contribution is 0.101. The first-order valence-electron chi connectivity index (χ1n) is 6.89. The highest BCUT2D eigenvalue weighted by molar-refractivity contribution is 9.10. The second kappa shape index (κ2) is 5.44. The third-order valence-corrected chi connectivity index (χ3v) is 4.42. The number of halogens is 1. The Hall–Kier alpha value is -1.55. The van der Waals surface area contributed by atoms with Crippen molar-refractivity contribution < 1.29 is 4.79 Å². The number of nitrogens with zero attached hydrogens (tertiary/aromatic N) is 1. The maximum atomic E-state index is 12.5. The standard InChI is InChI=1S/C16H17BrN2O/c1-11-7-8-12(17)10-14(11)18-16(20)15-6-3-9-19(15)13-4-2-5-13/h3,6-10,13H,2,4-5H2,1H3,(H,18,20). The molecule has 0 atom stereocenters. The van der Waals surface area contributed by atoms with Gasteiger partial charge in [0.15, 0.2) is 0 Å². The van der Waals surface area contributed by atoms with Gasteiger partial charge >= 0.3 is 0 Å². The molecule has 1 aromatic heterocycles. The number of amides is 1. The molecular formula is C16H17BrN2O. The molecule has 0 unspecified atom stereocenters. The van der Waals surface area contributed by atoms with Crippen LogP contribution in [0, 0.1) is 6.92 Å². The monoisotopic (exact) mass is 332 g/mol. The predicted molar refractivity (Wildman–Crippen MR) is 84.2 cm³/mol. The number of carbonyl (C=O) groups excluding carboxylic acids is 1. The molecule has 0 aliphatic heterocycles. The van der Waals surface area contributed by atoms with E-state index in [2.05, 4.69) is 25.8 Å². The lowest BCUT2D eigenvalue weighted by atomic mass is 9.93. The first-order chi connectivity index (χ1) is 9.65. The number of nitrogens with one attached hydrogen (secondary N) is 1. The van der Waals surface area contributed by atoms with E-state index in [1.165, 1.54) is 19.3 Å². The number of aromatic nitrogens is 1. The van der Waals surface area contributed by atoms with E-state index in [4.69, 9.17) is 0 Å². The summed E-state index contributed by atoms with van der Waals surface area (Å²) in [4.78, 5) is 12.5. The molecule has 1 saturated carbocycles. The van der Waals surface area contributed by atoms with Gasteiger partial charge in [-0.2, -0.15) is 0 Å². The van der Waals surface area contributed by atoms with Crippen molar-refractivity contribution in [3.63, 3.8) is 0 Å². The van der Waals surface area contributed by atoms with Crippen molar-refractivity contribution in [2.45, 2.75) is 32.2 Å². The highest BCUT2D eigenvalue weighted by atomic mass is 79.9. The number of aryl methyl sites for hydroxylation is 1. The maximum Gasteiger partial charge on any atom is 0.272 e. The van der Waals surface area contributed by atoms with Crippen LogP contribution in [-0.4, -0.2) is 10.5 Å². The first-order valence-corrected chi connectivity index (χ1v) is 7.69. The van der Waals surface area contributed by atoms with Crippen molar-refractivity contribution in [2.24, 2.45) is 0 Å². The van der Waals surface area contributed by atoms with Crippen LogP contribution in [0.1, 0.15) is 41.4 Å². The summed E-state index contributed by atoms with van der Waals surface area (Å²) >= 11 is 3.44. The van der Waals surface area contributed by atoms with E-state index in [0.717, 1.165) is 21.4 Å². The molecule has 0 bridgehead atoms. The molecule has 1 aliphatic rings. The molecule has 0 spiro atoms. The van der Waals surface area contributed by atoms with E-state index < -0.39 is 0 Å². The van der Waals surface area contributed by atoms with Crippen LogP contribution in [0.4, 0.5) is 5.69 Å². The first kappa shape index (κ1) is 13.4. The Balaban J connectivity index is 1.82. The normalized spacial score (nSPS) is 14.9. The Morgan fingerprint density at radius 1 is 1.35 bits per heavy atom. The van der Waals surface area contributed by atoms with Gasteiger partial charge in [0.2, 0.25) is 0 Å². The number of hydrogen-bond donors (Lipinski definition) is 1. The number of anilines is 1. The van der Waals surface area contributed by atoms with Crippen LogP contribution < -0.4 is 5.32 Å². The molecule has 20 heavy (non-hydrogen) atoms. The average molecular weight is 333 g/mol. The molecule has 1 aliphatic carbocycles. The van der Waals surface area contributed by atoms with Gasteiger partial charge in [-0.1, -0.05) is 22.0 Å². The van der Waals surface area contributed by atoms with Crippen LogP contribution in [0.25, 0.3) is 0 Å². The molecule has 0 radical (unpaired) electrons. The fourth-order valence-corrected chi connectivity index (χ4v) is 2.85. The third kappa shape index (κ3) is 2.52. The minimum atomic E-state index is -0.0388. The zero-order chi connectivity index (χ0) is 14.1. The second-order valence-electron chi connectivity index (χ2n) is 5.30. The predicted octanol–water partition coefficient (Wildman–Crippen LogP) is 4.54. The van der Waals surface area contributed by atoms with Gasteiger partial charge in [-0.25, -0.2) is 0 Å². The van der Waals surface area contributed by atoms with Gasteiger partial charge in [-0.3, -0.25) is 4.79 Å². The largest absolute Gasteiger partial charge is 0.340 e. The highest BCUT2D eigenvalue weighted by Crippen LogP contribution is 2.33. The third-order valence-electron chi connectivity index (χ3n) is 3.93. The van der Waals surface area contributed by atoms with Crippen LogP contribution in [0.5, 0.6) is 0 Å². The summed E-state index contributed by atoms with van der Waals surface area (Å²) in [6, 6.07) is 10.2. The van der Waals surface area contributed by atoms with Gasteiger partial charge in [0.1, 0.15) is 5.69 Å². The second-order valence-corrected chi connectivity index (χ2v) is 6.21. The van der Waals surface area contributed by atoms with Gasteiger partial charge in [-0.05, 0) is 56.0 Å². The van der Waals surface area contributed by atoms with Crippen molar-refractivity contribution in [3.8, 4) is 0 Å². The lowest BCUT2D eigenvalue weighted by Crippen LogP contribution is -2.23. The van der Waals surface area contributed by atoms with E-state index in [-0.39, 0.29) is 5.91 Å². The van der Waals surface area contributed by atoms with E-state index in [1.54, 1.807) is 0 Å². The van der Waals surface area contributed by atoms with Crippen molar-refractivity contribution in [1.82, 2.24) is 4.57 Å². The Labute approximate surface area is 127 Å². The Bertz CT molecular complexity index is 644. The Morgan fingerprint density at radius 3 is 2.85 bits per heavy atom. The summed E-state index contributed by atoms with van der Waals surface area (Å²) in [6.45, 7) is 1.99. The number of benzene rings is 1. The van der Waals surface area contributed by atoms with E-state index in [0.29, 0.717) is 6.04 Å². The van der Waals surface area contributed by atoms with Crippen LogP contribution in [-0.2, 0) is 0 Å². The fraction of sp³-hybridized carbons (Fsp3) is 0.312. The minimum Gasteiger partial charge on any atom is -0.340 e.